The van der Waals surface area contributed by atoms with Crippen molar-refractivity contribution in [2.75, 3.05) is 24.5 Å². The average Bonchev–Trinajstić information content (AvgIpc) is 2.90. The minimum Gasteiger partial charge on any atom is -0.393 e. The van der Waals surface area contributed by atoms with E-state index < -0.39 is 11.9 Å². The molecule has 3 N–H and O–H groups in total. The summed E-state index contributed by atoms with van der Waals surface area (Å²) in [7, 11) is 0. The van der Waals surface area contributed by atoms with Gasteiger partial charge in [0.2, 0.25) is 0 Å². The van der Waals surface area contributed by atoms with Crippen LogP contribution in [0.25, 0.3) is 0 Å². The van der Waals surface area contributed by atoms with Gasteiger partial charge >= 0.3 is 6.03 Å². The molecule has 0 radical (unpaired) electrons. The molecule has 1 fully saturated rings. The van der Waals surface area contributed by atoms with Crippen LogP contribution in [-0.2, 0) is 0 Å². The Balaban J connectivity index is 1.80. The summed E-state index contributed by atoms with van der Waals surface area (Å²) < 4.78 is 13.5. The second-order valence-corrected chi connectivity index (χ2v) is 5.98. The normalized spacial score (nSPS) is 19.1. The Hall–Kier alpha value is -1.53. The van der Waals surface area contributed by atoms with Gasteiger partial charge in [0.15, 0.2) is 0 Å². The molecule has 1 aromatic carbocycles. The van der Waals surface area contributed by atoms with Crippen molar-refractivity contribution in [2.24, 2.45) is 0 Å². The first-order chi connectivity index (χ1) is 10.5. The molecule has 22 heavy (non-hydrogen) atoms. The number of hydrogen-bond donors (Lipinski definition) is 3. The number of aliphatic hydroxyl groups excluding tert-OH is 1. The predicted octanol–water partition coefficient (Wildman–Crippen LogP) is 2.13. The molecular weight excluding hydrogens is 309 g/mol. The number of benzene rings is 1. The summed E-state index contributed by atoms with van der Waals surface area (Å²) in [5.41, 5.74) is 0.765. The van der Waals surface area contributed by atoms with E-state index in [0.717, 1.165) is 18.7 Å². The topological polar surface area (TPSA) is 64.6 Å². The summed E-state index contributed by atoms with van der Waals surface area (Å²) in [5, 5.41) is 14.8. The summed E-state index contributed by atoms with van der Waals surface area (Å²) >= 11 is 5.68. The van der Waals surface area contributed by atoms with Crippen molar-refractivity contribution in [3.8, 4) is 0 Å². The number of anilines is 1. The smallest absolute Gasteiger partial charge is 0.315 e. The van der Waals surface area contributed by atoms with Gasteiger partial charge in [-0.05, 0) is 38.0 Å². The van der Waals surface area contributed by atoms with Crippen molar-refractivity contribution in [3.05, 3.63) is 29.0 Å². The third-order valence-electron chi connectivity index (χ3n) is 3.64. The van der Waals surface area contributed by atoms with Crippen molar-refractivity contribution < 1.29 is 14.3 Å². The first-order valence-electron chi connectivity index (χ1n) is 7.38. The minimum absolute atomic E-state index is 0.0188. The Labute approximate surface area is 134 Å². The highest BCUT2D eigenvalue weighted by Gasteiger charge is 2.24. The molecule has 0 saturated carbocycles. The average molecular weight is 330 g/mol. The molecule has 2 rings (SSSR count). The monoisotopic (exact) mass is 329 g/mol. The molecule has 1 saturated heterocycles. The lowest BCUT2D eigenvalue weighted by atomic mass is 10.2. The van der Waals surface area contributed by atoms with Crippen LogP contribution in [-0.4, -0.2) is 42.9 Å². The Morgan fingerprint density at radius 1 is 1.59 bits per heavy atom. The van der Waals surface area contributed by atoms with Crippen LogP contribution in [0.1, 0.15) is 19.8 Å². The van der Waals surface area contributed by atoms with E-state index >= 15 is 0 Å². The summed E-state index contributed by atoms with van der Waals surface area (Å²) in [6.07, 6.45) is 0.893. The van der Waals surface area contributed by atoms with E-state index in [1.54, 1.807) is 13.0 Å². The molecule has 0 aliphatic carbocycles. The van der Waals surface area contributed by atoms with Crippen LogP contribution in [0, 0.1) is 5.82 Å². The van der Waals surface area contributed by atoms with Crippen LogP contribution >= 0.6 is 11.6 Å². The van der Waals surface area contributed by atoms with Crippen LogP contribution in [0.3, 0.4) is 0 Å². The number of halogens is 2. The molecule has 0 bridgehead atoms. The highest BCUT2D eigenvalue weighted by Crippen LogP contribution is 2.24. The molecule has 1 aliphatic rings. The standard InChI is InChI=1S/C15H21ClFN3O2/c1-10(21)4-6-18-15(22)19-11-5-7-20(9-11)12-2-3-13(16)14(17)8-12/h2-3,8,10-11,21H,4-7,9H2,1H3,(H2,18,19,22). The maximum atomic E-state index is 13.5. The fourth-order valence-electron chi connectivity index (χ4n) is 2.43. The number of nitrogens with zero attached hydrogens (tertiary/aromatic N) is 1. The molecule has 2 unspecified atom stereocenters. The Morgan fingerprint density at radius 3 is 3.05 bits per heavy atom. The van der Waals surface area contributed by atoms with Gasteiger partial charge in [0.25, 0.3) is 0 Å². The van der Waals surface area contributed by atoms with Gasteiger partial charge in [-0.25, -0.2) is 9.18 Å². The van der Waals surface area contributed by atoms with Gasteiger partial charge in [0.1, 0.15) is 5.82 Å². The Kier molecular flexibility index (Phi) is 5.85. The van der Waals surface area contributed by atoms with E-state index in [9.17, 15) is 9.18 Å². The van der Waals surface area contributed by atoms with E-state index in [-0.39, 0.29) is 17.1 Å². The summed E-state index contributed by atoms with van der Waals surface area (Å²) in [6, 6.07) is 4.50. The zero-order valence-corrected chi connectivity index (χ0v) is 13.2. The fraction of sp³-hybridized carbons (Fsp3) is 0.533. The van der Waals surface area contributed by atoms with Crippen molar-refractivity contribution in [1.29, 1.82) is 0 Å². The van der Waals surface area contributed by atoms with Crippen LogP contribution in [0.15, 0.2) is 18.2 Å². The number of hydrogen-bond acceptors (Lipinski definition) is 3. The van der Waals surface area contributed by atoms with E-state index in [0.29, 0.717) is 19.5 Å². The first kappa shape index (κ1) is 16.8. The summed E-state index contributed by atoms with van der Waals surface area (Å²) in [6.45, 7) is 3.49. The van der Waals surface area contributed by atoms with Crippen LogP contribution < -0.4 is 15.5 Å². The van der Waals surface area contributed by atoms with Gasteiger partial charge in [-0.3, -0.25) is 0 Å². The van der Waals surface area contributed by atoms with Crippen molar-refractivity contribution in [2.45, 2.75) is 31.9 Å². The molecule has 1 heterocycles. The van der Waals surface area contributed by atoms with Crippen molar-refractivity contribution >= 4 is 23.3 Å². The molecule has 1 aliphatic heterocycles. The lowest BCUT2D eigenvalue weighted by Crippen LogP contribution is -2.44. The fourth-order valence-corrected chi connectivity index (χ4v) is 2.54. The van der Waals surface area contributed by atoms with E-state index in [1.165, 1.54) is 12.1 Å². The zero-order valence-electron chi connectivity index (χ0n) is 12.5. The molecule has 2 amide bonds. The number of carbonyl (C=O) groups is 1. The van der Waals surface area contributed by atoms with Gasteiger partial charge in [-0.1, -0.05) is 11.6 Å². The molecular formula is C15H21ClFN3O2. The second kappa shape index (κ2) is 7.65. The first-order valence-corrected chi connectivity index (χ1v) is 7.76. The molecule has 2 atom stereocenters. The third-order valence-corrected chi connectivity index (χ3v) is 3.95. The van der Waals surface area contributed by atoms with Gasteiger partial charge in [-0.2, -0.15) is 0 Å². The largest absolute Gasteiger partial charge is 0.393 e. The highest BCUT2D eigenvalue weighted by molar-refractivity contribution is 6.30. The highest BCUT2D eigenvalue weighted by atomic mass is 35.5. The maximum absolute atomic E-state index is 13.5. The lowest BCUT2D eigenvalue weighted by Gasteiger charge is -2.19. The molecule has 1 aromatic rings. The van der Waals surface area contributed by atoms with Crippen molar-refractivity contribution in [1.82, 2.24) is 10.6 Å². The number of aliphatic hydroxyl groups is 1. The number of urea groups is 1. The van der Waals surface area contributed by atoms with Crippen LogP contribution in [0.4, 0.5) is 14.9 Å². The minimum atomic E-state index is -0.438. The van der Waals surface area contributed by atoms with E-state index in [1.807, 2.05) is 4.90 Å². The molecule has 7 heteroatoms. The summed E-state index contributed by atoms with van der Waals surface area (Å²) in [5.74, 6) is -0.438. The van der Waals surface area contributed by atoms with Gasteiger partial charge in [0, 0.05) is 31.4 Å². The molecule has 0 aromatic heterocycles. The SMILES string of the molecule is CC(O)CCNC(=O)NC1CCN(c2ccc(Cl)c(F)c2)C1. The lowest BCUT2D eigenvalue weighted by molar-refractivity contribution is 0.183. The number of rotatable bonds is 5. The second-order valence-electron chi connectivity index (χ2n) is 5.57. The van der Waals surface area contributed by atoms with E-state index in [4.69, 9.17) is 16.7 Å². The third kappa shape index (κ3) is 4.74. The zero-order chi connectivity index (χ0) is 16.1. The van der Waals surface area contributed by atoms with Gasteiger partial charge in [-0.15, -0.1) is 0 Å². The summed E-state index contributed by atoms with van der Waals surface area (Å²) in [4.78, 5) is 13.7. The van der Waals surface area contributed by atoms with Crippen LogP contribution in [0.2, 0.25) is 5.02 Å². The van der Waals surface area contributed by atoms with Gasteiger partial charge < -0.3 is 20.6 Å². The predicted molar refractivity (Wildman–Crippen MR) is 84.9 cm³/mol. The quantitative estimate of drug-likeness (QED) is 0.775. The molecule has 122 valence electrons. The van der Waals surface area contributed by atoms with Crippen LogP contribution in [0.5, 0.6) is 0 Å². The Morgan fingerprint density at radius 2 is 2.36 bits per heavy atom. The number of carbonyl (C=O) groups excluding carboxylic acids is 1. The van der Waals surface area contributed by atoms with Gasteiger partial charge in [0.05, 0.1) is 11.1 Å². The Bertz CT molecular complexity index is 528. The molecule has 5 nitrogen and oxygen atoms in total. The molecule has 0 spiro atoms. The number of amides is 2. The van der Waals surface area contributed by atoms with Crippen molar-refractivity contribution in [3.63, 3.8) is 0 Å². The number of nitrogens with one attached hydrogen (secondary N) is 2. The van der Waals surface area contributed by atoms with E-state index in [2.05, 4.69) is 10.6 Å². The maximum Gasteiger partial charge on any atom is 0.315 e.